The molecule has 5 heteroatoms. The minimum absolute atomic E-state index is 0.236. The van der Waals surface area contributed by atoms with Gasteiger partial charge in [-0.1, -0.05) is 13.3 Å². The van der Waals surface area contributed by atoms with Crippen LogP contribution < -0.4 is 5.32 Å². The molecular formula is C14H21N3OS. The molecule has 0 bridgehead atoms. The number of imidazole rings is 1. The summed E-state index contributed by atoms with van der Waals surface area (Å²) in [6, 6.07) is 0. The molecule has 4 nitrogen and oxygen atoms in total. The van der Waals surface area contributed by atoms with Crippen molar-refractivity contribution in [1.82, 2.24) is 14.7 Å². The second kappa shape index (κ2) is 5.61. The van der Waals surface area contributed by atoms with E-state index in [4.69, 9.17) is 4.98 Å². The van der Waals surface area contributed by atoms with Gasteiger partial charge in [0.1, 0.15) is 0 Å². The van der Waals surface area contributed by atoms with Crippen LogP contribution in [0.4, 0.5) is 0 Å². The van der Waals surface area contributed by atoms with E-state index < -0.39 is 0 Å². The Labute approximate surface area is 117 Å². The summed E-state index contributed by atoms with van der Waals surface area (Å²) in [5.74, 6) is 0.671. The fourth-order valence-electron chi connectivity index (χ4n) is 2.50. The molecular weight excluding hydrogens is 258 g/mol. The molecule has 1 aliphatic carbocycles. The summed E-state index contributed by atoms with van der Waals surface area (Å²) in [5, 5.41) is 15.2. The molecule has 19 heavy (non-hydrogen) atoms. The Morgan fingerprint density at radius 1 is 1.58 bits per heavy atom. The van der Waals surface area contributed by atoms with Gasteiger partial charge in [-0.3, -0.25) is 4.40 Å². The Bertz CT molecular complexity index is 544. The van der Waals surface area contributed by atoms with Gasteiger partial charge in [0.25, 0.3) is 0 Å². The maximum absolute atomic E-state index is 9.76. The largest absolute Gasteiger partial charge is 0.392 e. The quantitative estimate of drug-likeness (QED) is 0.819. The Balaban J connectivity index is 1.68. The lowest BCUT2D eigenvalue weighted by molar-refractivity contribution is 0.160. The average Bonchev–Trinajstić information content (AvgIpc) is 3.02. The van der Waals surface area contributed by atoms with Crippen LogP contribution in [0.1, 0.15) is 49.9 Å². The number of fused-ring (bicyclic) bond motifs is 1. The molecule has 2 aromatic rings. The monoisotopic (exact) mass is 279 g/mol. The lowest BCUT2D eigenvalue weighted by Crippen LogP contribution is -2.27. The molecule has 0 spiro atoms. The van der Waals surface area contributed by atoms with E-state index in [1.165, 1.54) is 24.2 Å². The van der Waals surface area contributed by atoms with Gasteiger partial charge in [0, 0.05) is 30.6 Å². The Kier molecular flexibility index (Phi) is 3.86. The molecule has 0 radical (unpaired) electrons. The van der Waals surface area contributed by atoms with Crippen LogP contribution in [0.15, 0.2) is 11.6 Å². The van der Waals surface area contributed by atoms with Crippen LogP contribution in [0, 0.1) is 0 Å². The molecule has 0 aliphatic heterocycles. The second-order valence-corrected chi connectivity index (χ2v) is 6.22. The summed E-state index contributed by atoms with van der Waals surface area (Å²) in [5.41, 5.74) is 2.55. The normalized spacial score (nSPS) is 17.2. The van der Waals surface area contributed by atoms with Crippen molar-refractivity contribution in [2.45, 2.75) is 51.2 Å². The first-order valence-electron chi connectivity index (χ1n) is 7.12. The number of aromatic nitrogens is 2. The smallest absolute Gasteiger partial charge is 0.194 e. The van der Waals surface area contributed by atoms with Crippen molar-refractivity contribution < 1.29 is 5.11 Å². The molecule has 1 fully saturated rings. The molecule has 3 rings (SSSR count). The highest BCUT2D eigenvalue weighted by atomic mass is 32.1. The van der Waals surface area contributed by atoms with Crippen molar-refractivity contribution in [2.24, 2.45) is 0 Å². The number of hydrogen-bond acceptors (Lipinski definition) is 4. The molecule has 1 unspecified atom stereocenters. The molecule has 0 saturated heterocycles. The third kappa shape index (κ3) is 2.83. The van der Waals surface area contributed by atoms with E-state index in [0.29, 0.717) is 12.5 Å². The highest BCUT2D eigenvalue weighted by Gasteiger charge is 2.30. The number of hydrogen-bond donors (Lipinski definition) is 2. The summed E-state index contributed by atoms with van der Waals surface area (Å²) in [4.78, 5) is 5.84. The molecule has 2 heterocycles. The van der Waals surface area contributed by atoms with E-state index in [-0.39, 0.29) is 6.10 Å². The van der Waals surface area contributed by atoms with Gasteiger partial charge in [-0.25, -0.2) is 4.98 Å². The highest BCUT2D eigenvalue weighted by molar-refractivity contribution is 7.15. The number of aliphatic hydroxyl groups is 1. The van der Waals surface area contributed by atoms with E-state index >= 15 is 0 Å². The van der Waals surface area contributed by atoms with Crippen LogP contribution in [0.2, 0.25) is 0 Å². The fraction of sp³-hybridized carbons (Fsp3) is 0.643. The van der Waals surface area contributed by atoms with Crippen molar-refractivity contribution in [1.29, 1.82) is 0 Å². The van der Waals surface area contributed by atoms with E-state index in [0.717, 1.165) is 24.3 Å². The van der Waals surface area contributed by atoms with Crippen LogP contribution in [0.25, 0.3) is 4.96 Å². The number of aliphatic hydroxyl groups excluding tert-OH is 1. The van der Waals surface area contributed by atoms with Crippen LogP contribution in [-0.2, 0) is 6.54 Å². The maximum Gasteiger partial charge on any atom is 0.194 e. The maximum atomic E-state index is 9.76. The van der Waals surface area contributed by atoms with Gasteiger partial charge in [-0.15, -0.1) is 11.3 Å². The Morgan fingerprint density at radius 2 is 2.42 bits per heavy atom. The molecule has 1 saturated carbocycles. The highest BCUT2D eigenvalue weighted by Crippen LogP contribution is 2.41. The molecule has 1 atom stereocenters. The van der Waals surface area contributed by atoms with Crippen molar-refractivity contribution in [3.8, 4) is 0 Å². The molecule has 2 N–H and O–H groups in total. The van der Waals surface area contributed by atoms with Crippen LogP contribution in [0.3, 0.4) is 0 Å². The zero-order chi connectivity index (χ0) is 13.2. The predicted molar refractivity (Wildman–Crippen MR) is 77.7 cm³/mol. The van der Waals surface area contributed by atoms with Crippen molar-refractivity contribution in [2.75, 3.05) is 6.54 Å². The minimum atomic E-state index is -0.236. The number of nitrogens with zero attached hydrogens (tertiary/aromatic N) is 2. The van der Waals surface area contributed by atoms with Gasteiger partial charge in [-0.2, -0.15) is 0 Å². The first-order chi connectivity index (χ1) is 9.29. The molecule has 0 aromatic carbocycles. The van der Waals surface area contributed by atoms with E-state index in [1.54, 1.807) is 11.3 Å². The van der Waals surface area contributed by atoms with E-state index in [1.807, 2.05) is 0 Å². The Hall–Kier alpha value is -0.910. The number of rotatable bonds is 7. The SMILES string of the molecule is CCCC(O)CNCc1c(C2CC2)nc2sccn12. The molecule has 104 valence electrons. The van der Waals surface area contributed by atoms with Crippen LogP contribution >= 0.6 is 11.3 Å². The van der Waals surface area contributed by atoms with E-state index in [9.17, 15) is 5.11 Å². The van der Waals surface area contributed by atoms with Gasteiger partial charge >= 0.3 is 0 Å². The van der Waals surface area contributed by atoms with Crippen molar-refractivity contribution in [3.63, 3.8) is 0 Å². The summed E-state index contributed by atoms with van der Waals surface area (Å²) in [6.07, 6.45) is 6.30. The van der Waals surface area contributed by atoms with Crippen LogP contribution in [0.5, 0.6) is 0 Å². The third-order valence-electron chi connectivity index (χ3n) is 3.65. The molecule has 1 aliphatic rings. The predicted octanol–water partition coefficient (Wildman–Crippen LogP) is 2.52. The zero-order valence-electron chi connectivity index (χ0n) is 11.3. The topological polar surface area (TPSA) is 49.6 Å². The second-order valence-electron chi connectivity index (χ2n) is 5.35. The van der Waals surface area contributed by atoms with Gasteiger partial charge in [0.05, 0.1) is 17.5 Å². The van der Waals surface area contributed by atoms with Crippen LogP contribution in [-0.4, -0.2) is 27.1 Å². The van der Waals surface area contributed by atoms with Gasteiger partial charge in [0.15, 0.2) is 4.96 Å². The Morgan fingerprint density at radius 3 is 3.16 bits per heavy atom. The lowest BCUT2D eigenvalue weighted by atomic mass is 10.2. The molecule has 0 amide bonds. The fourth-order valence-corrected chi connectivity index (χ4v) is 3.24. The summed E-state index contributed by atoms with van der Waals surface area (Å²) < 4.78 is 2.19. The lowest BCUT2D eigenvalue weighted by Gasteiger charge is -2.11. The average molecular weight is 279 g/mol. The number of thiazole rings is 1. The summed E-state index contributed by atoms with van der Waals surface area (Å²) in [6.45, 7) is 3.56. The van der Waals surface area contributed by atoms with Crippen molar-refractivity contribution >= 4 is 16.3 Å². The van der Waals surface area contributed by atoms with Gasteiger partial charge in [-0.05, 0) is 19.3 Å². The van der Waals surface area contributed by atoms with Gasteiger partial charge < -0.3 is 10.4 Å². The van der Waals surface area contributed by atoms with E-state index in [2.05, 4.69) is 28.2 Å². The minimum Gasteiger partial charge on any atom is -0.392 e. The van der Waals surface area contributed by atoms with Crippen molar-refractivity contribution in [3.05, 3.63) is 23.0 Å². The number of nitrogens with one attached hydrogen (secondary N) is 1. The first kappa shape index (κ1) is 13.1. The molecule has 2 aromatic heterocycles. The standard InChI is InChI=1S/C14H21N3OS/c1-2-3-11(18)8-15-9-12-13(10-4-5-10)16-14-17(12)6-7-19-14/h6-7,10-11,15,18H,2-5,8-9H2,1H3. The zero-order valence-corrected chi connectivity index (χ0v) is 12.1. The third-order valence-corrected chi connectivity index (χ3v) is 4.41. The summed E-state index contributed by atoms with van der Waals surface area (Å²) >= 11 is 1.69. The summed E-state index contributed by atoms with van der Waals surface area (Å²) in [7, 11) is 0. The van der Waals surface area contributed by atoms with Gasteiger partial charge in [0.2, 0.25) is 0 Å². The first-order valence-corrected chi connectivity index (χ1v) is 8.00.